The molecule has 1 N–H and O–H groups in total. The van der Waals surface area contributed by atoms with E-state index in [1.54, 1.807) is 0 Å². The number of para-hydroxylation sites is 1. The van der Waals surface area contributed by atoms with Crippen molar-refractivity contribution in [3.8, 4) is 0 Å². The summed E-state index contributed by atoms with van der Waals surface area (Å²) in [6.45, 7) is 4.73. The zero-order chi connectivity index (χ0) is 28.1. The Kier molecular flexibility index (Phi) is 8.98. The SMILES string of the molecule is O=C(NC1CCN(c2ccccc2C(=O)N2CCN(C3CCCCCC3)CC2)CC1)c1ccc(C(F)(F)F)cc1. The van der Waals surface area contributed by atoms with Crippen LogP contribution in [0.1, 0.15) is 77.6 Å². The number of piperidine rings is 1. The van der Waals surface area contributed by atoms with Gasteiger partial charge in [-0.25, -0.2) is 0 Å². The third-order valence-corrected chi connectivity index (χ3v) is 8.72. The van der Waals surface area contributed by atoms with Gasteiger partial charge in [0.2, 0.25) is 0 Å². The molecule has 0 unspecified atom stereocenters. The van der Waals surface area contributed by atoms with Gasteiger partial charge in [-0.05, 0) is 62.1 Å². The average molecular weight is 557 g/mol. The van der Waals surface area contributed by atoms with Gasteiger partial charge in [0.15, 0.2) is 0 Å². The van der Waals surface area contributed by atoms with E-state index in [9.17, 15) is 22.8 Å². The quantitative estimate of drug-likeness (QED) is 0.489. The Bertz CT molecular complexity index is 1150. The lowest BCUT2D eigenvalue weighted by molar-refractivity contribution is -0.137. The Morgan fingerprint density at radius 3 is 2.00 bits per heavy atom. The number of nitrogens with zero attached hydrogens (tertiary/aromatic N) is 3. The van der Waals surface area contributed by atoms with Gasteiger partial charge in [0.05, 0.1) is 11.1 Å². The highest BCUT2D eigenvalue weighted by Crippen LogP contribution is 2.30. The number of anilines is 1. The third-order valence-electron chi connectivity index (χ3n) is 8.72. The average Bonchev–Trinajstić information content (AvgIpc) is 3.27. The highest BCUT2D eigenvalue weighted by atomic mass is 19.4. The third kappa shape index (κ3) is 6.79. The molecule has 0 radical (unpaired) electrons. The number of rotatable bonds is 5. The van der Waals surface area contributed by atoms with Crippen LogP contribution >= 0.6 is 0 Å². The molecular formula is C31H39F3N4O2. The number of hydrogen-bond donors (Lipinski definition) is 1. The van der Waals surface area contributed by atoms with Crippen LogP contribution in [0.3, 0.4) is 0 Å². The number of piperazine rings is 1. The maximum Gasteiger partial charge on any atom is 0.416 e. The van der Waals surface area contributed by atoms with Gasteiger partial charge in [-0.3, -0.25) is 14.5 Å². The van der Waals surface area contributed by atoms with Gasteiger partial charge in [0, 0.05) is 62.6 Å². The van der Waals surface area contributed by atoms with E-state index in [0.717, 1.165) is 49.6 Å². The maximum atomic E-state index is 13.6. The fourth-order valence-electron chi connectivity index (χ4n) is 6.36. The van der Waals surface area contributed by atoms with Crippen molar-refractivity contribution in [1.29, 1.82) is 0 Å². The Balaban J connectivity index is 1.14. The van der Waals surface area contributed by atoms with Crippen LogP contribution in [-0.4, -0.2) is 73.0 Å². The topological polar surface area (TPSA) is 55.9 Å². The molecule has 2 aliphatic heterocycles. The molecule has 0 atom stereocenters. The zero-order valence-electron chi connectivity index (χ0n) is 23.0. The Labute approximate surface area is 234 Å². The molecule has 0 bridgehead atoms. The molecule has 40 heavy (non-hydrogen) atoms. The lowest BCUT2D eigenvalue weighted by atomic mass is 10.0. The number of carbonyl (C=O) groups excluding carboxylic acids is 2. The molecule has 3 aliphatic rings. The first-order valence-corrected chi connectivity index (χ1v) is 14.6. The van der Waals surface area contributed by atoms with Crippen LogP contribution in [-0.2, 0) is 6.18 Å². The van der Waals surface area contributed by atoms with Crippen LogP contribution in [0, 0.1) is 0 Å². The van der Waals surface area contributed by atoms with E-state index in [1.165, 1.54) is 50.7 Å². The molecule has 6 nitrogen and oxygen atoms in total. The molecule has 2 saturated heterocycles. The first kappa shape index (κ1) is 28.5. The highest BCUT2D eigenvalue weighted by Gasteiger charge is 2.31. The summed E-state index contributed by atoms with van der Waals surface area (Å²) in [5, 5.41) is 2.96. The number of carbonyl (C=O) groups is 2. The number of alkyl halides is 3. The summed E-state index contributed by atoms with van der Waals surface area (Å²) >= 11 is 0. The molecule has 5 rings (SSSR count). The zero-order valence-corrected chi connectivity index (χ0v) is 23.0. The summed E-state index contributed by atoms with van der Waals surface area (Å²) in [6.07, 6.45) is 4.81. The minimum atomic E-state index is -4.43. The standard InChI is InChI=1S/C31H39F3N4O2/c32-31(33,34)24-13-11-23(12-14-24)29(39)35-25-15-17-37(18-16-25)28-10-6-5-9-27(28)30(40)38-21-19-36(20-22-38)26-7-3-1-2-4-8-26/h5-6,9-14,25-26H,1-4,7-8,15-22H2,(H,35,39). The van der Waals surface area contributed by atoms with Gasteiger partial charge in [0.25, 0.3) is 11.8 Å². The van der Waals surface area contributed by atoms with Crippen molar-refractivity contribution in [2.75, 3.05) is 44.2 Å². The molecule has 3 fully saturated rings. The molecule has 2 heterocycles. The highest BCUT2D eigenvalue weighted by molar-refractivity contribution is 6.00. The van der Waals surface area contributed by atoms with Crippen molar-refractivity contribution < 1.29 is 22.8 Å². The van der Waals surface area contributed by atoms with Crippen LogP contribution in [0.25, 0.3) is 0 Å². The van der Waals surface area contributed by atoms with Gasteiger partial charge in [-0.2, -0.15) is 13.2 Å². The van der Waals surface area contributed by atoms with Crippen LogP contribution in [0.2, 0.25) is 0 Å². The molecule has 2 amide bonds. The summed E-state index contributed by atoms with van der Waals surface area (Å²) in [5.74, 6) is -0.292. The van der Waals surface area contributed by atoms with Crippen molar-refractivity contribution in [3.05, 3.63) is 65.2 Å². The van der Waals surface area contributed by atoms with Crippen molar-refractivity contribution in [1.82, 2.24) is 15.1 Å². The molecule has 0 aromatic heterocycles. The summed E-state index contributed by atoms with van der Waals surface area (Å²) < 4.78 is 38.5. The predicted octanol–water partition coefficient (Wildman–Crippen LogP) is 5.58. The number of hydrogen-bond acceptors (Lipinski definition) is 4. The predicted molar refractivity (Wildman–Crippen MR) is 150 cm³/mol. The van der Waals surface area contributed by atoms with Crippen molar-refractivity contribution in [3.63, 3.8) is 0 Å². The Hall–Kier alpha value is -3.07. The smallest absolute Gasteiger partial charge is 0.371 e. The van der Waals surface area contributed by atoms with E-state index < -0.39 is 11.7 Å². The lowest BCUT2D eigenvalue weighted by Crippen LogP contribution is -2.52. The van der Waals surface area contributed by atoms with Crippen molar-refractivity contribution in [2.24, 2.45) is 0 Å². The van der Waals surface area contributed by atoms with Gasteiger partial charge < -0.3 is 15.1 Å². The number of benzene rings is 2. The number of halogens is 3. The first-order chi connectivity index (χ1) is 19.3. The van der Waals surface area contributed by atoms with E-state index in [0.29, 0.717) is 32.0 Å². The van der Waals surface area contributed by atoms with E-state index in [4.69, 9.17) is 0 Å². The van der Waals surface area contributed by atoms with E-state index >= 15 is 0 Å². The van der Waals surface area contributed by atoms with E-state index in [-0.39, 0.29) is 23.4 Å². The lowest BCUT2D eigenvalue weighted by Gasteiger charge is -2.40. The number of amides is 2. The number of nitrogens with one attached hydrogen (secondary N) is 1. The fraction of sp³-hybridized carbons (Fsp3) is 0.548. The Morgan fingerprint density at radius 1 is 0.750 bits per heavy atom. The molecule has 216 valence electrons. The van der Waals surface area contributed by atoms with Crippen molar-refractivity contribution >= 4 is 17.5 Å². The second kappa shape index (κ2) is 12.6. The minimum absolute atomic E-state index is 0.0776. The molecular weight excluding hydrogens is 517 g/mol. The summed E-state index contributed by atoms with van der Waals surface area (Å²) in [4.78, 5) is 33.0. The fourth-order valence-corrected chi connectivity index (χ4v) is 6.36. The largest absolute Gasteiger partial charge is 0.416 e. The van der Waals surface area contributed by atoms with Crippen LogP contribution in [0.15, 0.2) is 48.5 Å². The summed E-state index contributed by atoms with van der Waals surface area (Å²) in [7, 11) is 0. The molecule has 0 spiro atoms. The van der Waals surface area contributed by atoms with Crippen molar-refractivity contribution in [2.45, 2.75) is 69.6 Å². The second-order valence-corrected chi connectivity index (χ2v) is 11.3. The van der Waals surface area contributed by atoms with Gasteiger partial charge >= 0.3 is 6.18 Å². The maximum absolute atomic E-state index is 13.6. The first-order valence-electron chi connectivity index (χ1n) is 14.6. The van der Waals surface area contributed by atoms with Crippen LogP contribution < -0.4 is 10.2 Å². The minimum Gasteiger partial charge on any atom is -0.371 e. The van der Waals surface area contributed by atoms with E-state index in [2.05, 4.69) is 15.1 Å². The molecule has 1 saturated carbocycles. The van der Waals surface area contributed by atoms with Gasteiger partial charge in [-0.15, -0.1) is 0 Å². The van der Waals surface area contributed by atoms with E-state index in [1.807, 2.05) is 29.2 Å². The second-order valence-electron chi connectivity index (χ2n) is 11.3. The molecule has 2 aromatic carbocycles. The van der Waals surface area contributed by atoms with Gasteiger partial charge in [0.1, 0.15) is 0 Å². The van der Waals surface area contributed by atoms with Crippen LogP contribution in [0.5, 0.6) is 0 Å². The molecule has 2 aromatic rings. The Morgan fingerprint density at radius 2 is 1.38 bits per heavy atom. The van der Waals surface area contributed by atoms with Gasteiger partial charge in [-0.1, -0.05) is 37.8 Å². The molecule has 1 aliphatic carbocycles. The van der Waals surface area contributed by atoms with Crippen LogP contribution in [0.4, 0.5) is 18.9 Å². The summed E-state index contributed by atoms with van der Waals surface area (Å²) in [5.41, 5.74) is 1.08. The monoisotopic (exact) mass is 556 g/mol. The normalized spacial score (nSPS) is 20.3. The summed E-state index contributed by atoms with van der Waals surface area (Å²) in [6, 6.07) is 12.6. The molecule has 9 heteroatoms.